The van der Waals surface area contributed by atoms with Gasteiger partial charge in [0, 0.05) is 25.6 Å². The van der Waals surface area contributed by atoms with Gasteiger partial charge in [0.2, 0.25) is 0 Å². The predicted molar refractivity (Wildman–Crippen MR) is 86.7 cm³/mol. The lowest BCUT2D eigenvalue weighted by molar-refractivity contribution is -0.151. The Labute approximate surface area is 136 Å². The normalized spacial score (nSPS) is 26.4. The number of fused-ring (bicyclic) bond motifs is 3. The van der Waals surface area contributed by atoms with Gasteiger partial charge in [-0.15, -0.1) is 0 Å². The number of hydrogen-bond donors (Lipinski definition) is 2. The molecular weight excluding hydrogens is 294 g/mol. The van der Waals surface area contributed by atoms with E-state index in [1.165, 1.54) is 0 Å². The highest BCUT2D eigenvalue weighted by atomic mass is 16.5. The fourth-order valence-electron chi connectivity index (χ4n) is 3.90. The van der Waals surface area contributed by atoms with E-state index in [0.29, 0.717) is 6.54 Å². The Morgan fingerprint density at radius 3 is 2.83 bits per heavy atom. The third-order valence-electron chi connectivity index (χ3n) is 5.20. The number of aliphatic carboxylic acids is 1. The zero-order chi connectivity index (χ0) is 16.3. The lowest BCUT2D eigenvalue weighted by Crippen LogP contribution is -2.45. The van der Waals surface area contributed by atoms with Crippen LogP contribution in [-0.4, -0.2) is 53.9 Å². The molecule has 2 heterocycles. The first-order valence-corrected chi connectivity index (χ1v) is 8.46. The van der Waals surface area contributed by atoms with Crippen molar-refractivity contribution in [2.45, 2.75) is 31.6 Å². The lowest BCUT2D eigenvalue weighted by Gasteiger charge is -2.35. The van der Waals surface area contributed by atoms with Gasteiger partial charge in [-0.1, -0.05) is 31.0 Å². The van der Waals surface area contributed by atoms with Crippen LogP contribution in [0.1, 0.15) is 37.2 Å². The van der Waals surface area contributed by atoms with Crippen molar-refractivity contribution in [3.63, 3.8) is 0 Å². The molecular formula is C18H25NO4. The molecule has 1 aromatic carbocycles. The number of ether oxygens (including phenoxy) is 1. The Kier molecular flexibility index (Phi) is 4.87. The van der Waals surface area contributed by atoms with E-state index in [1.54, 1.807) is 0 Å². The third-order valence-corrected chi connectivity index (χ3v) is 5.20. The first-order chi connectivity index (χ1) is 11.2. The largest absolute Gasteiger partial charge is 0.492 e. The van der Waals surface area contributed by atoms with Crippen LogP contribution in [0.2, 0.25) is 0 Å². The molecule has 0 saturated carbocycles. The van der Waals surface area contributed by atoms with Crippen molar-refractivity contribution in [2.75, 3.05) is 32.8 Å². The van der Waals surface area contributed by atoms with E-state index in [-0.39, 0.29) is 19.1 Å². The van der Waals surface area contributed by atoms with Crippen molar-refractivity contribution in [2.24, 2.45) is 5.41 Å². The summed E-state index contributed by atoms with van der Waals surface area (Å²) in [6, 6.07) is 7.82. The average Bonchev–Trinajstić information content (AvgIpc) is 2.95. The van der Waals surface area contributed by atoms with Crippen LogP contribution in [0.3, 0.4) is 0 Å². The second-order valence-electron chi connectivity index (χ2n) is 6.71. The third kappa shape index (κ3) is 3.08. The lowest BCUT2D eigenvalue weighted by atomic mass is 9.73. The zero-order valence-electron chi connectivity index (χ0n) is 13.4. The fraction of sp³-hybridized carbons (Fsp3) is 0.611. The van der Waals surface area contributed by atoms with Gasteiger partial charge in [-0.2, -0.15) is 0 Å². The molecule has 2 aliphatic rings. The maximum Gasteiger partial charge on any atom is 0.315 e. The van der Waals surface area contributed by atoms with Crippen LogP contribution in [0.25, 0.3) is 0 Å². The van der Waals surface area contributed by atoms with Crippen molar-refractivity contribution in [1.29, 1.82) is 0 Å². The van der Waals surface area contributed by atoms with Gasteiger partial charge in [0.05, 0.1) is 0 Å². The summed E-state index contributed by atoms with van der Waals surface area (Å²) in [5.74, 6) is 0.0846. The van der Waals surface area contributed by atoms with Crippen molar-refractivity contribution in [3.8, 4) is 5.75 Å². The molecule has 1 unspecified atom stereocenters. The highest BCUT2D eigenvalue weighted by Gasteiger charge is 2.56. The molecule has 1 aromatic rings. The maximum absolute atomic E-state index is 12.0. The van der Waals surface area contributed by atoms with E-state index in [1.807, 2.05) is 24.3 Å². The Balaban J connectivity index is 1.70. The molecule has 0 bridgehead atoms. The summed E-state index contributed by atoms with van der Waals surface area (Å²) in [6.45, 7) is 2.76. The molecule has 5 heteroatoms. The van der Waals surface area contributed by atoms with Crippen molar-refractivity contribution < 1.29 is 19.7 Å². The minimum Gasteiger partial charge on any atom is -0.492 e. The van der Waals surface area contributed by atoms with E-state index in [2.05, 4.69) is 4.90 Å². The number of rotatable bonds is 7. The molecule has 2 N–H and O–H groups in total. The summed E-state index contributed by atoms with van der Waals surface area (Å²) in [7, 11) is 0. The minimum atomic E-state index is -0.820. The number of hydrogen-bond acceptors (Lipinski definition) is 4. The van der Waals surface area contributed by atoms with E-state index >= 15 is 0 Å². The van der Waals surface area contributed by atoms with E-state index in [0.717, 1.165) is 50.1 Å². The van der Waals surface area contributed by atoms with Crippen LogP contribution >= 0.6 is 0 Å². The molecule has 2 atom stereocenters. The number of carbonyl (C=O) groups is 1. The molecule has 126 valence electrons. The SMILES string of the molecule is O=C(O)[C@]12COc3ccccc3C1CN(CCCCCCO)C2. The van der Waals surface area contributed by atoms with Crippen LogP contribution in [0, 0.1) is 5.41 Å². The Morgan fingerprint density at radius 2 is 2.04 bits per heavy atom. The van der Waals surface area contributed by atoms with Crippen LogP contribution in [0.5, 0.6) is 5.75 Å². The maximum atomic E-state index is 12.0. The van der Waals surface area contributed by atoms with E-state index < -0.39 is 11.4 Å². The average molecular weight is 319 g/mol. The van der Waals surface area contributed by atoms with E-state index in [9.17, 15) is 9.90 Å². The van der Waals surface area contributed by atoms with Gasteiger partial charge in [-0.25, -0.2) is 0 Å². The van der Waals surface area contributed by atoms with Crippen molar-refractivity contribution >= 4 is 5.97 Å². The van der Waals surface area contributed by atoms with Crippen LogP contribution in [0.15, 0.2) is 24.3 Å². The molecule has 1 fully saturated rings. The number of benzene rings is 1. The molecule has 0 radical (unpaired) electrons. The second kappa shape index (κ2) is 6.89. The first-order valence-electron chi connectivity index (χ1n) is 8.46. The van der Waals surface area contributed by atoms with Gasteiger partial charge in [-0.05, 0) is 31.0 Å². The summed E-state index contributed by atoms with van der Waals surface area (Å²) in [5.41, 5.74) is 0.211. The number of aliphatic hydroxyl groups excluding tert-OH is 1. The highest BCUT2D eigenvalue weighted by molar-refractivity contribution is 5.78. The monoisotopic (exact) mass is 319 g/mol. The first kappa shape index (κ1) is 16.3. The topological polar surface area (TPSA) is 70.0 Å². The van der Waals surface area contributed by atoms with Gasteiger partial charge in [-0.3, -0.25) is 4.79 Å². The molecule has 1 saturated heterocycles. The summed E-state index contributed by atoms with van der Waals surface area (Å²) >= 11 is 0. The number of para-hydroxylation sites is 1. The van der Waals surface area contributed by atoms with Gasteiger partial charge in [0.15, 0.2) is 0 Å². The van der Waals surface area contributed by atoms with Crippen molar-refractivity contribution in [3.05, 3.63) is 29.8 Å². The standard InChI is InChI=1S/C18H25NO4/c20-10-6-2-1-5-9-19-11-15-14-7-3-4-8-16(14)23-13-18(15,12-19)17(21)22/h3-4,7-8,15,20H,1-2,5-6,9-13H2,(H,21,22)/t15?,18-/m1/s1. The van der Waals surface area contributed by atoms with Crippen LogP contribution in [-0.2, 0) is 4.79 Å². The highest BCUT2D eigenvalue weighted by Crippen LogP contribution is 2.49. The second-order valence-corrected chi connectivity index (χ2v) is 6.71. The number of nitrogens with zero attached hydrogens (tertiary/aromatic N) is 1. The summed E-state index contributed by atoms with van der Waals surface area (Å²) in [4.78, 5) is 14.3. The fourth-order valence-corrected chi connectivity index (χ4v) is 3.90. The van der Waals surface area contributed by atoms with Crippen molar-refractivity contribution in [1.82, 2.24) is 4.90 Å². The molecule has 2 aliphatic heterocycles. The summed E-state index contributed by atoms with van der Waals surface area (Å²) in [6.07, 6.45) is 4.01. The van der Waals surface area contributed by atoms with Gasteiger partial charge in [0.25, 0.3) is 0 Å². The van der Waals surface area contributed by atoms with Gasteiger partial charge >= 0.3 is 5.97 Å². The zero-order valence-corrected chi connectivity index (χ0v) is 13.4. The quantitative estimate of drug-likeness (QED) is 0.753. The molecule has 0 aliphatic carbocycles. The number of carboxylic acids is 1. The van der Waals surface area contributed by atoms with Gasteiger partial charge in [0.1, 0.15) is 17.8 Å². The van der Waals surface area contributed by atoms with Crippen LogP contribution in [0.4, 0.5) is 0 Å². The Hall–Kier alpha value is -1.59. The number of unbranched alkanes of at least 4 members (excludes halogenated alkanes) is 3. The number of aliphatic hydroxyl groups is 1. The number of carboxylic acid groups (broad SMARTS) is 1. The molecule has 5 nitrogen and oxygen atoms in total. The number of likely N-dealkylation sites (tertiary alicyclic amines) is 1. The summed E-state index contributed by atoms with van der Waals surface area (Å²) < 4.78 is 5.77. The van der Waals surface area contributed by atoms with Gasteiger partial charge < -0.3 is 19.8 Å². The molecule has 0 amide bonds. The predicted octanol–water partition coefficient (Wildman–Crippen LogP) is 2.10. The summed E-state index contributed by atoms with van der Waals surface area (Å²) in [5, 5.41) is 18.7. The molecule has 0 spiro atoms. The van der Waals surface area contributed by atoms with E-state index in [4.69, 9.17) is 9.84 Å². The molecule has 3 rings (SSSR count). The molecule has 23 heavy (non-hydrogen) atoms. The molecule has 0 aromatic heterocycles. The Bertz CT molecular complexity index is 562. The smallest absolute Gasteiger partial charge is 0.315 e. The Morgan fingerprint density at radius 1 is 1.26 bits per heavy atom. The minimum absolute atomic E-state index is 0.00221. The van der Waals surface area contributed by atoms with Crippen LogP contribution < -0.4 is 4.74 Å².